The van der Waals surface area contributed by atoms with Gasteiger partial charge in [-0.25, -0.2) is 4.79 Å². The Morgan fingerprint density at radius 1 is 0.750 bits per heavy atom. The summed E-state index contributed by atoms with van der Waals surface area (Å²) in [5.41, 5.74) is 0.633. The zero-order chi connectivity index (χ0) is 20.5. The summed E-state index contributed by atoms with van der Waals surface area (Å²) in [6.45, 7) is 4.79. The fourth-order valence-electron chi connectivity index (χ4n) is 3.54. The SMILES string of the molecule is CCCCCCCCCCCCCC[N+](C)(C)CCOC(=O)c1ccccc1. The molecule has 0 unspecified atom stereocenters. The van der Waals surface area contributed by atoms with Crippen molar-refractivity contribution in [2.24, 2.45) is 0 Å². The van der Waals surface area contributed by atoms with Gasteiger partial charge in [-0.1, -0.05) is 89.3 Å². The number of likely N-dealkylation sites (N-methyl/N-ethyl adjacent to an activating group) is 1. The molecule has 0 saturated carbocycles. The molecule has 0 aromatic heterocycles. The molecule has 3 heteroatoms. The number of carbonyl (C=O) groups is 1. The number of ether oxygens (including phenoxy) is 1. The molecule has 3 nitrogen and oxygen atoms in total. The number of unbranched alkanes of at least 4 members (excludes halogenated alkanes) is 11. The molecule has 0 aliphatic rings. The Bertz CT molecular complexity index is 499. The van der Waals surface area contributed by atoms with Crippen LogP contribution in [0.1, 0.15) is 94.3 Å². The van der Waals surface area contributed by atoms with Crippen LogP contribution in [0.15, 0.2) is 30.3 Å². The van der Waals surface area contributed by atoms with Crippen molar-refractivity contribution in [1.82, 2.24) is 0 Å². The Kier molecular flexibility index (Phi) is 13.7. The Hall–Kier alpha value is -1.35. The molecule has 0 amide bonds. The summed E-state index contributed by atoms with van der Waals surface area (Å²) in [7, 11) is 4.46. The predicted octanol–water partition coefficient (Wildman–Crippen LogP) is 6.62. The summed E-state index contributed by atoms with van der Waals surface area (Å²) in [4.78, 5) is 12.0. The van der Waals surface area contributed by atoms with E-state index < -0.39 is 0 Å². The second-order valence-electron chi connectivity index (χ2n) is 8.77. The van der Waals surface area contributed by atoms with E-state index in [-0.39, 0.29) is 5.97 Å². The number of quaternary nitrogens is 1. The van der Waals surface area contributed by atoms with Gasteiger partial charge in [-0.3, -0.25) is 0 Å². The van der Waals surface area contributed by atoms with Gasteiger partial charge in [0.15, 0.2) is 0 Å². The van der Waals surface area contributed by atoms with Gasteiger partial charge in [-0.05, 0) is 25.0 Å². The number of carbonyl (C=O) groups excluding carboxylic acids is 1. The molecule has 0 radical (unpaired) electrons. The number of rotatable bonds is 17. The van der Waals surface area contributed by atoms with E-state index in [0.29, 0.717) is 12.2 Å². The highest BCUT2D eigenvalue weighted by Crippen LogP contribution is 2.13. The van der Waals surface area contributed by atoms with Crippen molar-refractivity contribution < 1.29 is 14.0 Å². The van der Waals surface area contributed by atoms with Crippen molar-refractivity contribution in [3.63, 3.8) is 0 Å². The molecule has 28 heavy (non-hydrogen) atoms. The first-order chi connectivity index (χ1) is 13.5. The standard InChI is InChI=1S/C25H44NO2/c1-4-5-6-7-8-9-10-11-12-13-14-18-21-26(2,3)22-23-28-25(27)24-19-16-15-17-20-24/h15-17,19-20H,4-14,18,21-23H2,1-3H3/q+1. The number of esters is 1. The molecule has 0 fully saturated rings. The minimum absolute atomic E-state index is 0.217. The first kappa shape index (κ1) is 24.7. The van der Waals surface area contributed by atoms with Crippen LogP contribution >= 0.6 is 0 Å². The average molecular weight is 391 g/mol. The van der Waals surface area contributed by atoms with Gasteiger partial charge in [0.05, 0.1) is 26.2 Å². The van der Waals surface area contributed by atoms with Gasteiger partial charge < -0.3 is 9.22 Å². The van der Waals surface area contributed by atoms with E-state index in [0.717, 1.165) is 17.6 Å². The number of benzene rings is 1. The van der Waals surface area contributed by atoms with Crippen LogP contribution in [-0.2, 0) is 4.74 Å². The zero-order valence-electron chi connectivity index (χ0n) is 18.8. The number of hydrogen-bond acceptors (Lipinski definition) is 2. The van der Waals surface area contributed by atoms with Crippen LogP contribution < -0.4 is 0 Å². The van der Waals surface area contributed by atoms with Crippen molar-refractivity contribution in [1.29, 1.82) is 0 Å². The summed E-state index contributed by atoms with van der Waals surface area (Å²) < 4.78 is 6.34. The second-order valence-corrected chi connectivity index (χ2v) is 8.77. The molecule has 0 aliphatic carbocycles. The van der Waals surface area contributed by atoms with E-state index in [2.05, 4.69) is 21.0 Å². The summed E-state index contributed by atoms with van der Waals surface area (Å²) in [6, 6.07) is 9.24. The number of hydrogen-bond donors (Lipinski definition) is 0. The first-order valence-corrected chi connectivity index (χ1v) is 11.6. The average Bonchev–Trinajstić information content (AvgIpc) is 2.69. The van der Waals surface area contributed by atoms with Gasteiger partial charge in [-0.2, -0.15) is 0 Å². The quantitative estimate of drug-likeness (QED) is 0.170. The van der Waals surface area contributed by atoms with Crippen LogP contribution in [0, 0.1) is 0 Å². The molecular formula is C25H44NO2+. The lowest BCUT2D eigenvalue weighted by Crippen LogP contribution is -2.43. The van der Waals surface area contributed by atoms with E-state index in [9.17, 15) is 4.79 Å². The molecule has 0 aliphatic heterocycles. The monoisotopic (exact) mass is 390 g/mol. The molecule has 0 saturated heterocycles. The Morgan fingerprint density at radius 3 is 1.79 bits per heavy atom. The lowest BCUT2D eigenvalue weighted by atomic mass is 10.1. The van der Waals surface area contributed by atoms with Crippen LogP contribution in [0.3, 0.4) is 0 Å². The lowest BCUT2D eigenvalue weighted by Gasteiger charge is -2.29. The first-order valence-electron chi connectivity index (χ1n) is 11.6. The number of nitrogens with zero attached hydrogens (tertiary/aromatic N) is 1. The molecule has 0 bridgehead atoms. The third-order valence-electron chi connectivity index (χ3n) is 5.56. The molecule has 1 rings (SSSR count). The molecular weight excluding hydrogens is 346 g/mol. The van der Waals surface area contributed by atoms with Crippen molar-refractivity contribution in [3.05, 3.63) is 35.9 Å². The van der Waals surface area contributed by atoms with Crippen LogP contribution in [-0.4, -0.2) is 44.2 Å². The van der Waals surface area contributed by atoms with E-state index in [4.69, 9.17) is 4.74 Å². The zero-order valence-corrected chi connectivity index (χ0v) is 18.8. The summed E-state index contributed by atoms with van der Waals surface area (Å²) in [6.07, 6.45) is 16.6. The maximum atomic E-state index is 12.0. The highest BCUT2D eigenvalue weighted by molar-refractivity contribution is 5.89. The van der Waals surface area contributed by atoms with Gasteiger partial charge in [0.1, 0.15) is 13.2 Å². The van der Waals surface area contributed by atoms with E-state index in [1.54, 1.807) is 12.1 Å². The van der Waals surface area contributed by atoms with Crippen molar-refractivity contribution >= 4 is 5.97 Å². The molecule has 0 atom stereocenters. The van der Waals surface area contributed by atoms with Crippen molar-refractivity contribution in [3.8, 4) is 0 Å². The molecule has 0 spiro atoms. The van der Waals surface area contributed by atoms with Crippen molar-refractivity contribution in [2.75, 3.05) is 33.8 Å². The Balaban J connectivity index is 1.95. The molecule has 1 aromatic carbocycles. The highest BCUT2D eigenvalue weighted by Gasteiger charge is 2.16. The van der Waals surface area contributed by atoms with E-state index in [1.807, 2.05) is 18.2 Å². The summed E-state index contributed by atoms with van der Waals surface area (Å²) in [5, 5.41) is 0. The topological polar surface area (TPSA) is 26.3 Å². The van der Waals surface area contributed by atoms with Gasteiger partial charge in [0.25, 0.3) is 0 Å². The smallest absolute Gasteiger partial charge is 0.338 e. The molecule has 0 N–H and O–H groups in total. The molecule has 1 aromatic rings. The van der Waals surface area contributed by atoms with Gasteiger partial charge >= 0.3 is 5.97 Å². The highest BCUT2D eigenvalue weighted by atomic mass is 16.5. The lowest BCUT2D eigenvalue weighted by molar-refractivity contribution is -0.890. The van der Waals surface area contributed by atoms with Crippen LogP contribution in [0.25, 0.3) is 0 Å². The molecule has 0 heterocycles. The normalized spacial score (nSPS) is 11.5. The fourth-order valence-corrected chi connectivity index (χ4v) is 3.54. The van der Waals surface area contributed by atoms with E-state index >= 15 is 0 Å². The maximum Gasteiger partial charge on any atom is 0.338 e. The maximum absolute atomic E-state index is 12.0. The predicted molar refractivity (Wildman–Crippen MR) is 120 cm³/mol. The summed E-state index contributed by atoms with van der Waals surface area (Å²) >= 11 is 0. The minimum atomic E-state index is -0.217. The fraction of sp³-hybridized carbons (Fsp3) is 0.720. The van der Waals surface area contributed by atoms with E-state index in [1.165, 1.54) is 77.0 Å². The van der Waals surface area contributed by atoms with Crippen molar-refractivity contribution in [2.45, 2.75) is 84.0 Å². The van der Waals surface area contributed by atoms with Crippen LogP contribution in [0.2, 0.25) is 0 Å². The Morgan fingerprint density at radius 2 is 1.25 bits per heavy atom. The Labute approximate surface area is 174 Å². The third kappa shape index (κ3) is 12.9. The summed E-state index contributed by atoms with van der Waals surface area (Å²) in [5.74, 6) is -0.217. The van der Waals surface area contributed by atoms with Gasteiger partial charge in [-0.15, -0.1) is 0 Å². The van der Waals surface area contributed by atoms with Gasteiger partial charge in [0, 0.05) is 0 Å². The minimum Gasteiger partial charge on any atom is -0.456 e. The largest absolute Gasteiger partial charge is 0.456 e. The third-order valence-corrected chi connectivity index (χ3v) is 5.56. The molecule has 160 valence electrons. The van der Waals surface area contributed by atoms with Crippen LogP contribution in [0.4, 0.5) is 0 Å². The van der Waals surface area contributed by atoms with Crippen LogP contribution in [0.5, 0.6) is 0 Å². The second kappa shape index (κ2) is 15.6. The van der Waals surface area contributed by atoms with Gasteiger partial charge in [0.2, 0.25) is 0 Å².